The van der Waals surface area contributed by atoms with E-state index < -0.39 is 0 Å². The van der Waals surface area contributed by atoms with Crippen LogP contribution >= 0.6 is 0 Å². The van der Waals surface area contributed by atoms with Gasteiger partial charge >= 0.3 is 0 Å². The summed E-state index contributed by atoms with van der Waals surface area (Å²) in [5.74, 6) is 3.77. The highest BCUT2D eigenvalue weighted by Crippen LogP contribution is 2.40. The Kier molecular flexibility index (Phi) is 5.60. The van der Waals surface area contributed by atoms with Gasteiger partial charge in [0.2, 0.25) is 0 Å². The number of fused-ring (bicyclic) bond motifs is 1. The Labute approximate surface area is 170 Å². The van der Waals surface area contributed by atoms with Crippen molar-refractivity contribution in [1.82, 2.24) is 4.90 Å². The van der Waals surface area contributed by atoms with Gasteiger partial charge in [0, 0.05) is 29.8 Å². The number of benzene rings is 2. The van der Waals surface area contributed by atoms with Gasteiger partial charge in [-0.15, -0.1) is 6.42 Å². The highest BCUT2D eigenvalue weighted by Gasteiger charge is 2.29. The summed E-state index contributed by atoms with van der Waals surface area (Å²) in [4.78, 5) is 2.39. The van der Waals surface area contributed by atoms with E-state index in [-0.39, 0.29) is 10.8 Å². The number of terminal acetylenes is 1. The molecule has 1 aliphatic heterocycles. The molecule has 0 amide bonds. The van der Waals surface area contributed by atoms with Crippen LogP contribution in [0.15, 0.2) is 36.4 Å². The van der Waals surface area contributed by atoms with E-state index >= 15 is 0 Å². The third-order valence-corrected chi connectivity index (χ3v) is 5.46. The molecule has 0 aromatic heterocycles. The molecule has 28 heavy (non-hydrogen) atoms. The van der Waals surface area contributed by atoms with Crippen molar-refractivity contribution in [3.8, 4) is 18.1 Å². The van der Waals surface area contributed by atoms with Gasteiger partial charge < -0.3 is 4.74 Å². The fourth-order valence-electron chi connectivity index (χ4n) is 3.61. The van der Waals surface area contributed by atoms with Gasteiger partial charge in [-0.3, -0.25) is 4.90 Å². The second kappa shape index (κ2) is 7.64. The summed E-state index contributed by atoms with van der Waals surface area (Å²) in [7, 11) is 0. The van der Waals surface area contributed by atoms with E-state index in [1.54, 1.807) is 0 Å². The van der Waals surface area contributed by atoms with E-state index in [0.29, 0.717) is 6.73 Å². The Morgan fingerprint density at radius 1 is 1.00 bits per heavy atom. The molecule has 0 N–H and O–H groups in total. The predicted molar refractivity (Wildman–Crippen MR) is 118 cm³/mol. The summed E-state index contributed by atoms with van der Waals surface area (Å²) in [6, 6.07) is 13.0. The van der Waals surface area contributed by atoms with Crippen LogP contribution in [0.25, 0.3) is 0 Å². The minimum absolute atomic E-state index is 0.0618. The molecule has 0 saturated carbocycles. The van der Waals surface area contributed by atoms with E-state index in [1.807, 2.05) is 12.1 Å². The Hall–Kier alpha value is -2.24. The molecule has 2 aromatic rings. The lowest BCUT2D eigenvalue weighted by Gasteiger charge is -2.35. The zero-order valence-corrected chi connectivity index (χ0v) is 18.2. The van der Waals surface area contributed by atoms with Gasteiger partial charge in [0.15, 0.2) is 0 Å². The molecule has 0 fully saturated rings. The molecule has 2 heteroatoms. The smallest absolute Gasteiger partial charge is 0.142 e. The molecule has 0 bridgehead atoms. The number of hydrogen-bond donors (Lipinski definition) is 0. The number of rotatable bonds is 3. The van der Waals surface area contributed by atoms with Crippen LogP contribution in [0.5, 0.6) is 5.75 Å². The van der Waals surface area contributed by atoms with Gasteiger partial charge in [-0.05, 0) is 40.5 Å². The zero-order valence-electron chi connectivity index (χ0n) is 18.2. The van der Waals surface area contributed by atoms with Crippen LogP contribution in [-0.4, -0.2) is 18.2 Å². The molecule has 0 saturated heterocycles. The molecule has 0 radical (unpaired) electrons. The van der Waals surface area contributed by atoms with Crippen LogP contribution in [0.4, 0.5) is 0 Å². The molecule has 1 aliphatic rings. The first-order chi connectivity index (χ1) is 13.1. The zero-order chi connectivity index (χ0) is 20.5. The van der Waals surface area contributed by atoms with Crippen molar-refractivity contribution in [3.05, 3.63) is 64.2 Å². The second-order valence-corrected chi connectivity index (χ2v) is 9.93. The Morgan fingerprint density at radius 3 is 2.25 bits per heavy atom. The van der Waals surface area contributed by atoms with Crippen LogP contribution in [0.2, 0.25) is 0 Å². The highest BCUT2D eigenvalue weighted by molar-refractivity contribution is 5.50. The molecular formula is C26H33NO. The maximum atomic E-state index is 6.29. The van der Waals surface area contributed by atoms with Crippen molar-refractivity contribution in [2.45, 2.75) is 65.3 Å². The number of hydrogen-bond acceptors (Lipinski definition) is 2. The summed E-state index contributed by atoms with van der Waals surface area (Å²) in [5.41, 5.74) is 6.44. The Bertz CT molecular complexity index is 873. The van der Waals surface area contributed by atoms with E-state index in [9.17, 15) is 0 Å². The lowest BCUT2D eigenvalue weighted by molar-refractivity contribution is 0.0941. The normalized spacial score (nSPS) is 14.9. The minimum Gasteiger partial charge on any atom is -0.477 e. The Balaban J connectivity index is 1.80. The van der Waals surface area contributed by atoms with Crippen molar-refractivity contribution in [3.63, 3.8) is 0 Å². The summed E-state index contributed by atoms with van der Waals surface area (Å²) < 4.78 is 6.29. The molecular weight excluding hydrogens is 342 g/mol. The lowest BCUT2D eigenvalue weighted by Crippen LogP contribution is -2.35. The summed E-state index contributed by atoms with van der Waals surface area (Å²) in [6.45, 7) is 16.2. The fraction of sp³-hybridized carbons (Fsp3) is 0.462. The van der Waals surface area contributed by atoms with Crippen molar-refractivity contribution < 1.29 is 4.74 Å². The number of nitrogens with zero attached hydrogens (tertiary/aromatic N) is 1. The molecule has 0 spiro atoms. The quantitative estimate of drug-likeness (QED) is 0.642. The summed E-state index contributed by atoms with van der Waals surface area (Å²) >= 11 is 0. The van der Waals surface area contributed by atoms with Crippen molar-refractivity contribution >= 4 is 0 Å². The van der Waals surface area contributed by atoms with Gasteiger partial charge in [-0.2, -0.15) is 0 Å². The van der Waals surface area contributed by atoms with E-state index in [4.69, 9.17) is 11.2 Å². The second-order valence-electron chi connectivity index (χ2n) is 9.93. The van der Waals surface area contributed by atoms with Gasteiger partial charge in [0.25, 0.3) is 0 Å². The maximum absolute atomic E-state index is 6.29. The van der Waals surface area contributed by atoms with Crippen LogP contribution in [0.3, 0.4) is 0 Å². The van der Waals surface area contributed by atoms with E-state index in [1.165, 1.54) is 22.3 Å². The standard InChI is InChI=1S/C26H33NO/c1-8-19-9-11-20(12-10-19)13-14-27-17-21-15-22(25(2,3)4)16-23(26(5,6)7)24(21)28-18-27/h1,9-12,15-16H,13-14,17-18H2,2-7H3. The Morgan fingerprint density at radius 2 is 1.68 bits per heavy atom. The van der Waals surface area contributed by atoms with Crippen LogP contribution in [-0.2, 0) is 23.8 Å². The minimum atomic E-state index is 0.0618. The van der Waals surface area contributed by atoms with Crippen LogP contribution in [0, 0.1) is 12.3 Å². The third-order valence-electron chi connectivity index (χ3n) is 5.46. The largest absolute Gasteiger partial charge is 0.477 e. The van der Waals surface area contributed by atoms with E-state index in [2.05, 4.69) is 76.6 Å². The molecule has 0 atom stereocenters. The van der Waals surface area contributed by atoms with Gasteiger partial charge in [-0.25, -0.2) is 0 Å². The third kappa shape index (κ3) is 4.59. The molecule has 1 heterocycles. The van der Waals surface area contributed by atoms with Crippen molar-refractivity contribution in [2.75, 3.05) is 13.3 Å². The molecule has 0 unspecified atom stereocenters. The molecule has 148 valence electrons. The van der Waals surface area contributed by atoms with Crippen LogP contribution in [0.1, 0.15) is 69.4 Å². The number of ether oxygens (including phenoxy) is 1. The maximum Gasteiger partial charge on any atom is 0.142 e. The average molecular weight is 376 g/mol. The first-order valence-electron chi connectivity index (χ1n) is 10.2. The van der Waals surface area contributed by atoms with Gasteiger partial charge in [0.05, 0.1) is 0 Å². The molecule has 0 aliphatic carbocycles. The average Bonchev–Trinajstić information content (AvgIpc) is 2.64. The highest BCUT2D eigenvalue weighted by atomic mass is 16.5. The molecule has 3 rings (SSSR count). The van der Waals surface area contributed by atoms with Gasteiger partial charge in [-0.1, -0.05) is 71.7 Å². The first-order valence-corrected chi connectivity index (χ1v) is 10.2. The summed E-state index contributed by atoms with van der Waals surface area (Å²) in [5, 5.41) is 0. The van der Waals surface area contributed by atoms with E-state index in [0.717, 1.165) is 30.8 Å². The fourth-order valence-corrected chi connectivity index (χ4v) is 3.61. The first kappa shape index (κ1) is 20.5. The van der Waals surface area contributed by atoms with Crippen molar-refractivity contribution in [2.24, 2.45) is 0 Å². The lowest BCUT2D eigenvalue weighted by atomic mass is 9.78. The van der Waals surface area contributed by atoms with Crippen molar-refractivity contribution in [1.29, 1.82) is 0 Å². The van der Waals surface area contributed by atoms with Gasteiger partial charge in [0.1, 0.15) is 12.5 Å². The predicted octanol–water partition coefficient (Wildman–Crippen LogP) is 5.66. The molecule has 2 aromatic carbocycles. The SMILES string of the molecule is C#Cc1ccc(CCN2COc3c(cc(C(C)(C)C)cc3C(C)(C)C)C2)cc1. The van der Waals surface area contributed by atoms with Crippen LogP contribution < -0.4 is 4.74 Å². The topological polar surface area (TPSA) is 12.5 Å². The summed E-state index contributed by atoms with van der Waals surface area (Å²) in [6.07, 6.45) is 6.44. The molecule has 2 nitrogen and oxygen atoms in total. The monoisotopic (exact) mass is 375 g/mol.